The molecule has 0 spiro atoms. The van der Waals surface area contributed by atoms with Gasteiger partial charge in [0.05, 0.1) is 0 Å². The van der Waals surface area contributed by atoms with Crippen molar-refractivity contribution in [2.45, 2.75) is 0 Å². The zero-order chi connectivity index (χ0) is 9.80. The molecule has 70 valence electrons. The van der Waals surface area contributed by atoms with E-state index in [0.717, 1.165) is 17.0 Å². The Kier molecular flexibility index (Phi) is 2.55. The van der Waals surface area contributed by atoms with Gasteiger partial charge in [0.15, 0.2) is 5.13 Å². The summed E-state index contributed by atoms with van der Waals surface area (Å²) >= 11 is 1.09. The first-order chi connectivity index (χ1) is 6.84. The fourth-order valence-electron chi connectivity index (χ4n) is 1.02. The number of nitrogens with zero attached hydrogens (tertiary/aromatic N) is 1. The maximum Gasteiger partial charge on any atom is 0.237 e. The third kappa shape index (κ3) is 2.17. The standard InChI is InChI=1S/C10H8N2OS/c13-9-6-7-11-10(14-9)12-8-4-2-1-3-5-8/h1-7H,(H,11,12). The first-order valence-corrected chi connectivity index (χ1v) is 4.94. The molecule has 0 aliphatic rings. The van der Waals surface area contributed by atoms with E-state index in [1.807, 2.05) is 30.3 Å². The first-order valence-electron chi connectivity index (χ1n) is 4.13. The average Bonchev–Trinajstić information content (AvgIpc) is 2.19. The van der Waals surface area contributed by atoms with E-state index in [4.69, 9.17) is 0 Å². The van der Waals surface area contributed by atoms with Crippen LogP contribution in [0.25, 0.3) is 0 Å². The molecular formula is C10H8N2OS. The summed E-state index contributed by atoms with van der Waals surface area (Å²) in [5.74, 6) is 0. The SMILES string of the molecule is O=c1ccnc(Nc2ccccc2)s1. The van der Waals surface area contributed by atoms with E-state index < -0.39 is 0 Å². The lowest BCUT2D eigenvalue weighted by Crippen LogP contribution is -1.96. The summed E-state index contributed by atoms with van der Waals surface area (Å²) in [4.78, 5) is 15.1. The van der Waals surface area contributed by atoms with Crippen molar-refractivity contribution in [3.05, 3.63) is 52.1 Å². The first kappa shape index (κ1) is 8.90. The van der Waals surface area contributed by atoms with Crippen LogP contribution in [0.3, 0.4) is 0 Å². The Morgan fingerprint density at radius 1 is 1.14 bits per heavy atom. The van der Waals surface area contributed by atoms with Crippen LogP contribution in [0.1, 0.15) is 0 Å². The van der Waals surface area contributed by atoms with Crippen LogP contribution in [0.2, 0.25) is 0 Å². The number of rotatable bonds is 2. The Balaban J connectivity index is 2.24. The summed E-state index contributed by atoms with van der Waals surface area (Å²) in [6.45, 7) is 0. The molecule has 2 rings (SSSR count). The lowest BCUT2D eigenvalue weighted by atomic mass is 10.3. The van der Waals surface area contributed by atoms with E-state index in [9.17, 15) is 4.79 Å². The topological polar surface area (TPSA) is 42.0 Å². The Labute approximate surface area is 85.1 Å². The van der Waals surface area contributed by atoms with Crippen LogP contribution in [0.4, 0.5) is 10.8 Å². The molecule has 1 N–H and O–H groups in total. The van der Waals surface area contributed by atoms with Gasteiger partial charge in [0, 0.05) is 18.0 Å². The summed E-state index contributed by atoms with van der Waals surface area (Å²) in [6.07, 6.45) is 1.50. The summed E-state index contributed by atoms with van der Waals surface area (Å²) in [6, 6.07) is 11.1. The van der Waals surface area contributed by atoms with Crippen LogP contribution in [0.5, 0.6) is 0 Å². The molecule has 0 aliphatic heterocycles. The molecule has 0 radical (unpaired) electrons. The molecular weight excluding hydrogens is 196 g/mol. The minimum atomic E-state index is -0.00145. The third-order valence-electron chi connectivity index (χ3n) is 1.62. The normalized spacial score (nSPS) is 9.71. The maximum absolute atomic E-state index is 11.0. The number of para-hydroxylation sites is 1. The summed E-state index contributed by atoms with van der Waals surface area (Å²) < 4.78 is -0.00145. The Morgan fingerprint density at radius 2 is 1.93 bits per heavy atom. The van der Waals surface area contributed by atoms with E-state index in [1.165, 1.54) is 12.3 Å². The van der Waals surface area contributed by atoms with Crippen molar-refractivity contribution in [3.8, 4) is 0 Å². The lowest BCUT2D eigenvalue weighted by Gasteiger charge is -2.02. The number of nitrogens with one attached hydrogen (secondary N) is 1. The van der Waals surface area contributed by atoms with E-state index in [2.05, 4.69) is 10.3 Å². The number of benzene rings is 1. The van der Waals surface area contributed by atoms with Crippen LogP contribution in [0.15, 0.2) is 47.4 Å². The Bertz CT molecular complexity index is 467. The molecule has 0 fully saturated rings. The Hall–Kier alpha value is -1.68. The van der Waals surface area contributed by atoms with E-state index >= 15 is 0 Å². The predicted octanol–water partition coefficient (Wildman–Crippen LogP) is 2.25. The largest absolute Gasteiger partial charge is 0.331 e. The van der Waals surface area contributed by atoms with Gasteiger partial charge in [-0.15, -0.1) is 0 Å². The fraction of sp³-hybridized carbons (Fsp3) is 0. The zero-order valence-electron chi connectivity index (χ0n) is 7.31. The summed E-state index contributed by atoms with van der Waals surface area (Å²) in [7, 11) is 0. The summed E-state index contributed by atoms with van der Waals surface area (Å²) in [5, 5.41) is 3.67. The van der Waals surface area contributed by atoms with Gasteiger partial charge in [-0.1, -0.05) is 29.5 Å². The number of hydrogen-bond acceptors (Lipinski definition) is 4. The molecule has 0 saturated heterocycles. The van der Waals surface area contributed by atoms with Gasteiger partial charge < -0.3 is 5.32 Å². The van der Waals surface area contributed by atoms with Gasteiger partial charge in [0.2, 0.25) is 4.74 Å². The monoisotopic (exact) mass is 204 g/mol. The van der Waals surface area contributed by atoms with Crippen molar-refractivity contribution in [3.63, 3.8) is 0 Å². The van der Waals surface area contributed by atoms with Gasteiger partial charge in [-0.05, 0) is 12.1 Å². The van der Waals surface area contributed by atoms with Gasteiger partial charge in [-0.3, -0.25) is 4.79 Å². The molecule has 0 unspecified atom stereocenters. The number of aromatic nitrogens is 1. The zero-order valence-corrected chi connectivity index (χ0v) is 8.12. The van der Waals surface area contributed by atoms with E-state index in [1.54, 1.807) is 0 Å². The molecule has 2 aromatic rings. The molecule has 1 aromatic carbocycles. The van der Waals surface area contributed by atoms with Crippen molar-refractivity contribution in [2.24, 2.45) is 0 Å². The molecule has 3 nitrogen and oxygen atoms in total. The Morgan fingerprint density at radius 3 is 2.64 bits per heavy atom. The fourth-order valence-corrected chi connectivity index (χ4v) is 1.63. The van der Waals surface area contributed by atoms with Crippen molar-refractivity contribution >= 4 is 22.2 Å². The van der Waals surface area contributed by atoms with Crippen LogP contribution >= 0.6 is 11.3 Å². The summed E-state index contributed by atoms with van der Waals surface area (Å²) in [5.41, 5.74) is 0.932. The van der Waals surface area contributed by atoms with E-state index in [0.29, 0.717) is 5.13 Å². The highest BCUT2D eigenvalue weighted by Crippen LogP contribution is 2.14. The molecule has 0 saturated carbocycles. The predicted molar refractivity (Wildman–Crippen MR) is 58.1 cm³/mol. The second-order valence-corrected chi connectivity index (χ2v) is 3.66. The van der Waals surface area contributed by atoms with Crippen molar-refractivity contribution in [1.82, 2.24) is 4.98 Å². The van der Waals surface area contributed by atoms with Crippen LogP contribution in [-0.2, 0) is 0 Å². The molecule has 0 bridgehead atoms. The third-order valence-corrected chi connectivity index (χ3v) is 2.36. The highest BCUT2D eigenvalue weighted by Gasteiger charge is 1.95. The van der Waals surface area contributed by atoms with Crippen LogP contribution < -0.4 is 10.1 Å². The van der Waals surface area contributed by atoms with Gasteiger partial charge >= 0.3 is 0 Å². The maximum atomic E-state index is 11.0. The van der Waals surface area contributed by atoms with Gasteiger partial charge in [0.25, 0.3) is 0 Å². The molecule has 0 aliphatic carbocycles. The average molecular weight is 204 g/mol. The van der Waals surface area contributed by atoms with Gasteiger partial charge in [-0.2, -0.15) is 0 Å². The smallest absolute Gasteiger partial charge is 0.237 e. The molecule has 0 atom stereocenters. The second-order valence-electron chi connectivity index (χ2n) is 2.66. The van der Waals surface area contributed by atoms with Crippen molar-refractivity contribution < 1.29 is 0 Å². The highest BCUT2D eigenvalue weighted by atomic mass is 32.1. The van der Waals surface area contributed by atoms with Crippen LogP contribution in [0, 0.1) is 0 Å². The van der Waals surface area contributed by atoms with Crippen molar-refractivity contribution in [2.75, 3.05) is 5.32 Å². The number of hydrogen-bond donors (Lipinski definition) is 1. The van der Waals surface area contributed by atoms with Gasteiger partial charge in [-0.25, -0.2) is 4.98 Å². The number of anilines is 2. The van der Waals surface area contributed by atoms with Gasteiger partial charge in [0.1, 0.15) is 0 Å². The molecule has 4 heteroatoms. The second kappa shape index (κ2) is 4.02. The van der Waals surface area contributed by atoms with Crippen molar-refractivity contribution in [1.29, 1.82) is 0 Å². The lowest BCUT2D eigenvalue weighted by molar-refractivity contribution is 1.35. The van der Waals surface area contributed by atoms with E-state index in [-0.39, 0.29) is 4.74 Å². The minimum absolute atomic E-state index is 0.00145. The van der Waals surface area contributed by atoms with Crippen LogP contribution in [-0.4, -0.2) is 4.98 Å². The molecule has 1 heterocycles. The quantitative estimate of drug-likeness (QED) is 0.815. The molecule has 14 heavy (non-hydrogen) atoms. The molecule has 1 aromatic heterocycles. The highest BCUT2D eigenvalue weighted by molar-refractivity contribution is 7.13. The minimum Gasteiger partial charge on any atom is -0.331 e. The molecule has 0 amide bonds.